The number of anilines is 1. The van der Waals surface area contributed by atoms with E-state index in [4.69, 9.17) is 4.74 Å². The minimum absolute atomic E-state index is 0.0481. The number of benzene rings is 2. The molecule has 2 aliphatic rings. The summed E-state index contributed by atoms with van der Waals surface area (Å²) >= 11 is 1.24. The molecule has 2 aromatic carbocycles. The van der Waals surface area contributed by atoms with E-state index in [1.54, 1.807) is 47.8 Å². The smallest absolute Gasteiger partial charge is 0.252 e. The monoisotopic (exact) mass is 559 g/mol. The van der Waals surface area contributed by atoms with E-state index in [2.05, 4.69) is 9.80 Å². The summed E-state index contributed by atoms with van der Waals surface area (Å²) in [5.74, 6) is -0.278. The molecule has 0 radical (unpaired) electrons. The second-order valence-electron chi connectivity index (χ2n) is 10.4. The van der Waals surface area contributed by atoms with Crippen molar-refractivity contribution >= 4 is 27.0 Å². The van der Waals surface area contributed by atoms with Crippen LogP contribution in [0.3, 0.4) is 0 Å². The Labute approximate surface area is 228 Å². The summed E-state index contributed by atoms with van der Waals surface area (Å²) in [5, 5.41) is 12.2. The maximum atomic E-state index is 13.6. The summed E-state index contributed by atoms with van der Waals surface area (Å²) in [5.41, 5.74) is 1.84. The van der Waals surface area contributed by atoms with Crippen molar-refractivity contribution in [3.8, 4) is 0 Å². The summed E-state index contributed by atoms with van der Waals surface area (Å²) < 4.78 is 48.2. The fourth-order valence-electron chi connectivity index (χ4n) is 5.26. The number of ether oxygens (including phenoxy) is 1. The van der Waals surface area contributed by atoms with Gasteiger partial charge >= 0.3 is 0 Å². The van der Waals surface area contributed by atoms with Crippen molar-refractivity contribution in [2.24, 2.45) is 0 Å². The van der Waals surface area contributed by atoms with E-state index in [0.717, 1.165) is 16.8 Å². The summed E-state index contributed by atoms with van der Waals surface area (Å²) in [7, 11) is -3.59. The van der Waals surface area contributed by atoms with E-state index >= 15 is 0 Å². The van der Waals surface area contributed by atoms with E-state index in [1.165, 1.54) is 23.5 Å². The number of sulfonamides is 1. The molecule has 204 valence electrons. The second kappa shape index (κ2) is 11.0. The highest BCUT2D eigenvalue weighted by Gasteiger charge is 2.37. The van der Waals surface area contributed by atoms with Gasteiger partial charge in [-0.05, 0) is 60.7 Å². The highest BCUT2D eigenvalue weighted by Crippen LogP contribution is 2.31. The van der Waals surface area contributed by atoms with Gasteiger partial charge in [0.25, 0.3) is 10.0 Å². The summed E-state index contributed by atoms with van der Waals surface area (Å²) in [4.78, 5) is 4.59. The number of morpholine rings is 1. The zero-order valence-electron chi connectivity index (χ0n) is 21.7. The Bertz CT molecular complexity index is 1310. The zero-order chi connectivity index (χ0) is 26.9. The number of piperazine rings is 1. The van der Waals surface area contributed by atoms with E-state index in [0.29, 0.717) is 50.1 Å². The molecule has 2 aliphatic heterocycles. The molecule has 0 amide bonds. The van der Waals surface area contributed by atoms with Crippen LogP contribution in [-0.2, 0) is 20.4 Å². The molecule has 3 heterocycles. The first-order chi connectivity index (χ1) is 18.1. The highest BCUT2D eigenvalue weighted by atomic mass is 32.2. The zero-order valence-corrected chi connectivity index (χ0v) is 23.3. The predicted octanol–water partition coefficient (Wildman–Crippen LogP) is 4.07. The van der Waals surface area contributed by atoms with Crippen LogP contribution >= 0.6 is 11.3 Å². The Hall–Kier alpha value is -2.34. The molecule has 0 bridgehead atoms. The number of hydrogen-bond acceptors (Lipinski definition) is 7. The van der Waals surface area contributed by atoms with Crippen LogP contribution in [0.2, 0.25) is 0 Å². The number of halogens is 1. The lowest BCUT2D eigenvalue weighted by Crippen LogP contribution is -2.59. The lowest BCUT2D eigenvalue weighted by atomic mass is 9.98. The van der Waals surface area contributed by atoms with E-state index in [1.807, 2.05) is 24.3 Å². The van der Waals surface area contributed by atoms with Crippen molar-refractivity contribution in [1.29, 1.82) is 0 Å². The molecule has 5 rings (SSSR count). The van der Waals surface area contributed by atoms with E-state index < -0.39 is 15.6 Å². The van der Waals surface area contributed by atoms with Gasteiger partial charge in [-0.2, -0.15) is 4.31 Å². The van der Waals surface area contributed by atoms with Gasteiger partial charge in [0.15, 0.2) is 0 Å². The second-order valence-corrected chi connectivity index (χ2v) is 13.5. The Morgan fingerprint density at radius 3 is 2.45 bits per heavy atom. The Balaban J connectivity index is 1.44. The van der Waals surface area contributed by atoms with Crippen LogP contribution in [0.4, 0.5) is 10.1 Å². The van der Waals surface area contributed by atoms with E-state index in [-0.39, 0.29) is 17.9 Å². The van der Waals surface area contributed by atoms with Gasteiger partial charge < -0.3 is 14.7 Å². The molecular formula is C28H34FN3O4S2. The molecule has 0 saturated carbocycles. The lowest BCUT2D eigenvalue weighted by Gasteiger charge is -2.46. The molecule has 7 nitrogen and oxygen atoms in total. The van der Waals surface area contributed by atoms with Gasteiger partial charge in [0, 0.05) is 38.4 Å². The molecule has 2 fully saturated rings. The predicted molar refractivity (Wildman–Crippen MR) is 147 cm³/mol. The SMILES string of the molecule is CC(C)(O)c1ccc(N2CCN(S(=O)(=O)c3cccs3)C[C@@H]2CN2CCOC[C@H]2c2ccc(F)cc2)cc1. The van der Waals surface area contributed by atoms with Crippen molar-refractivity contribution in [2.45, 2.75) is 35.7 Å². The van der Waals surface area contributed by atoms with Crippen molar-refractivity contribution in [3.05, 3.63) is 83.0 Å². The molecule has 3 aromatic rings. The largest absolute Gasteiger partial charge is 0.386 e. The van der Waals surface area contributed by atoms with Crippen LogP contribution in [0.5, 0.6) is 0 Å². The van der Waals surface area contributed by atoms with Gasteiger partial charge in [0.05, 0.1) is 30.9 Å². The van der Waals surface area contributed by atoms with Crippen LogP contribution in [0.25, 0.3) is 0 Å². The molecule has 2 atom stereocenters. The molecule has 2 saturated heterocycles. The third kappa shape index (κ3) is 5.80. The minimum atomic E-state index is -3.59. The number of hydrogen-bond donors (Lipinski definition) is 1. The van der Waals surface area contributed by atoms with Gasteiger partial charge in [-0.25, -0.2) is 12.8 Å². The Morgan fingerprint density at radius 1 is 1.05 bits per heavy atom. The first kappa shape index (κ1) is 27.2. The first-order valence-electron chi connectivity index (χ1n) is 12.8. The fraction of sp³-hybridized carbons (Fsp3) is 0.429. The molecule has 0 aliphatic carbocycles. The Morgan fingerprint density at radius 2 is 1.79 bits per heavy atom. The topological polar surface area (TPSA) is 73.3 Å². The van der Waals surface area contributed by atoms with Crippen molar-refractivity contribution in [2.75, 3.05) is 50.8 Å². The normalized spacial score (nSPS) is 22.1. The third-order valence-electron chi connectivity index (χ3n) is 7.38. The summed E-state index contributed by atoms with van der Waals surface area (Å²) in [6, 6.07) is 17.6. The fourth-order valence-corrected chi connectivity index (χ4v) is 7.87. The Kier molecular flexibility index (Phi) is 7.91. The van der Waals surface area contributed by atoms with E-state index in [9.17, 15) is 17.9 Å². The van der Waals surface area contributed by atoms with Crippen LogP contribution in [0.1, 0.15) is 31.0 Å². The van der Waals surface area contributed by atoms with Crippen LogP contribution in [-0.4, -0.2) is 74.7 Å². The lowest BCUT2D eigenvalue weighted by molar-refractivity contribution is -0.0126. The highest BCUT2D eigenvalue weighted by molar-refractivity contribution is 7.91. The van der Waals surface area contributed by atoms with Crippen LogP contribution in [0, 0.1) is 5.82 Å². The average Bonchev–Trinajstić information content (AvgIpc) is 3.45. The molecule has 1 aromatic heterocycles. The molecule has 38 heavy (non-hydrogen) atoms. The van der Waals surface area contributed by atoms with Gasteiger partial charge in [0.1, 0.15) is 10.0 Å². The maximum absolute atomic E-state index is 13.6. The van der Waals surface area contributed by atoms with Crippen molar-refractivity contribution in [3.63, 3.8) is 0 Å². The van der Waals surface area contributed by atoms with Crippen molar-refractivity contribution in [1.82, 2.24) is 9.21 Å². The maximum Gasteiger partial charge on any atom is 0.252 e. The van der Waals surface area contributed by atoms with Gasteiger partial charge in [-0.3, -0.25) is 4.90 Å². The van der Waals surface area contributed by atoms with Gasteiger partial charge in [0.2, 0.25) is 0 Å². The quantitative estimate of drug-likeness (QED) is 0.471. The molecule has 10 heteroatoms. The van der Waals surface area contributed by atoms with Crippen LogP contribution < -0.4 is 4.90 Å². The summed E-state index contributed by atoms with van der Waals surface area (Å²) in [6.07, 6.45) is 0. The molecular weight excluding hydrogens is 525 g/mol. The average molecular weight is 560 g/mol. The number of rotatable bonds is 7. The number of aliphatic hydroxyl groups is 1. The molecule has 1 N–H and O–H groups in total. The molecule has 0 unspecified atom stereocenters. The van der Waals surface area contributed by atoms with Gasteiger partial charge in [-0.1, -0.05) is 30.3 Å². The number of nitrogens with zero attached hydrogens (tertiary/aromatic N) is 3. The standard InChI is InChI=1S/C28H34FN3O4S2/c1-28(2,33)22-7-11-24(12-8-22)32-14-13-31(38(34,35)27-4-3-17-37-27)19-25(32)18-30-15-16-36-20-26(30)21-5-9-23(29)10-6-21/h3-12,17,25-26,33H,13-16,18-20H2,1-2H3/t25-,26-/m0/s1. The first-order valence-corrected chi connectivity index (χ1v) is 15.2. The van der Waals surface area contributed by atoms with Crippen molar-refractivity contribution < 1.29 is 22.7 Å². The minimum Gasteiger partial charge on any atom is -0.386 e. The molecule has 0 spiro atoms. The number of thiophene rings is 1. The third-order valence-corrected chi connectivity index (χ3v) is 10.6. The summed E-state index contributed by atoms with van der Waals surface area (Å²) in [6.45, 7) is 7.19. The van der Waals surface area contributed by atoms with Crippen LogP contribution in [0.15, 0.2) is 70.3 Å². The van der Waals surface area contributed by atoms with Gasteiger partial charge in [-0.15, -0.1) is 11.3 Å².